The number of anilines is 1. The Morgan fingerprint density at radius 2 is 2.17 bits per heavy atom. The Morgan fingerprint density at radius 1 is 1.39 bits per heavy atom. The van der Waals surface area contributed by atoms with Gasteiger partial charge in [-0.25, -0.2) is 4.98 Å². The maximum atomic E-state index is 9.37. The summed E-state index contributed by atoms with van der Waals surface area (Å²) in [5.41, 5.74) is 2.05. The molecule has 2 aromatic rings. The third kappa shape index (κ3) is 3.32. The van der Waals surface area contributed by atoms with Crippen LogP contribution in [0.5, 0.6) is 0 Å². The molecule has 0 aliphatic carbocycles. The van der Waals surface area contributed by atoms with Gasteiger partial charge in [-0.2, -0.15) is 0 Å². The molecule has 0 atom stereocenters. The van der Waals surface area contributed by atoms with E-state index in [1.54, 1.807) is 17.5 Å². The molecule has 2 aromatic heterocycles. The highest BCUT2D eigenvalue weighted by Gasteiger charge is 2.10. The molecule has 2 heterocycles. The molecular weight excluding hydrogens is 380 g/mol. The van der Waals surface area contributed by atoms with Gasteiger partial charge in [0.15, 0.2) is 0 Å². The standard InChI is InChI=1S/C12H12Br2N2OS/c1-16(5-8-2-11(14)18-7-8)12-9(6-17)3-10(13)4-15-12/h2-4,7,17H,5-6H2,1H3. The summed E-state index contributed by atoms with van der Waals surface area (Å²) < 4.78 is 2.00. The first kappa shape index (κ1) is 14.0. The smallest absolute Gasteiger partial charge is 0.134 e. The molecule has 96 valence electrons. The van der Waals surface area contributed by atoms with E-state index in [0.717, 1.165) is 26.2 Å². The molecule has 0 radical (unpaired) electrons. The zero-order valence-electron chi connectivity index (χ0n) is 9.73. The van der Waals surface area contributed by atoms with Crippen molar-refractivity contribution < 1.29 is 5.11 Å². The van der Waals surface area contributed by atoms with Crippen LogP contribution >= 0.6 is 43.2 Å². The normalized spacial score (nSPS) is 10.7. The van der Waals surface area contributed by atoms with E-state index in [-0.39, 0.29) is 6.61 Å². The lowest BCUT2D eigenvalue weighted by atomic mass is 10.2. The Hall–Kier alpha value is -0.430. The van der Waals surface area contributed by atoms with Crippen molar-refractivity contribution in [2.45, 2.75) is 13.2 Å². The predicted molar refractivity (Wildman–Crippen MR) is 82.0 cm³/mol. The molecule has 6 heteroatoms. The number of hydrogen-bond acceptors (Lipinski definition) is 4. The summed E-state index contributed by atoms with van der Waals surface area (Å²) >= 11 is 8.48. The van der Waals surface area contributed by atoms with Crippen LogP contribution in [0.25, 0.3) is 0 Å². The Labute approximate surface area is 127 Å². The monoisotopic (exact) mass is 390 g/mol. The van der Waals surface area contributed by atoms with Crippen LogP contribution in [-0.2, 0) is 13.2 Å². The largest absolute Gasteiger partial charge is 0.392 e. The molecule has 0 spiro atoms. The minimum atomic E-state index is -0.0144. The van der Waals surface area contributed by atoms with Crippen molar-refractivity contribution in [3.63, 3.8) is 0 Å². The summed E-state index contributed by atoms with van der Waals surface area (Å²) in [5, 5.41) is 11.5. The van der Waals surface area contributed by atoms with Crippen molar-refractivity contribution >= 4 is 49.0 Å². The lowest BCUT2D eigenvalue weighted by Crippen LogP contribution is -2.19. The van der Waals surface area contributed by atoms with Gasteiger partial charge in [0.1, 0.15) is 5.82 Å². The first-order valence-corrected chi connectivity index (χ1v) is 7.76. The summed E-state index contributed by atoms with van der Waals surface area (Å²) in [6, 6.07) is 3.99. The summed E-state index contributed by atoms with van der Waals surface area (Å²) in [5.74, 6) is 0.808. The van der Waals surface area contributed by atoms with Gasteiger partial charge in [-0.3, -0.25) is 0 Å². The maximum absolute atomic E-state index is 9.37. The average molecular weight is 392 g/mol. The van der Waals surface area contributed by atoms with Gasteiger partial charge in [0.25, 0.3) is 0 Å². The second-order valence-corrected chi connectivity index (χ2v) is 7.12. The van der Waals surface area contributed by atoms with Crippen LogP contribution in [0.15, 0.2) is 32.0 Å². The first-order chi connectivity index (χ1) is 8.60. The minimum Gasteiger partial charge on any atom is -0.392 e. The lowest BCUT2D eigenvalue weighted by Gasteiger charge is -2.20. The fraction of sp³-hybridized carbons (Fsp3) is 0.250. The summed E-state index contributed by atoms with van der Waals surface area (Å²) in [6.45, 7) is 0.753. The van der Waals surface area contributed by atoms with E-state index in [1.165, 1.54) is 5.56 Å². The van der Waals surface area contributed by atoms with Crippen LogP contribution < -0.4 is 4.90 Å². The SMILES string of the molecule is CN(Cc1csc(Br)c1)c1ncc(Br)cc1CO. The van der Waals surface area contributed by atoms with E-state index in [1.807, 2.05) is 18.0 Å². The quantitative estimate of drug-likeness (QED) is 0.861. The second kappa shape index (κ2) is 6.14. The third-order valence-corrected chi connectivity index (χ3v) is 4.47. The predicted octanol–water partition coefficient (Wildman–Crippen LogP) is 3.80. The molecule has 0 saturated carbocycles. The minimum absolute atomic E-state index is 0.0144. The van der Waals surface area contributed by atoms with Crippen molar-refractivity contribution in [2.24, 2.45) is 0 Å². The number of halogens is 2. The van der Waals surface area contributed by atoms with Gasteiger partial charge < -0.3 is 10.0 Å². The fourth-order valence-corrected chi connectivity index (χ4v) is 3.29. The van der Waals surface area contributed by atoms with Crippen molar-refractivity contribution in [2.75, 3.05) is 11.9 Å². The highest BCUT2D eigenvalue weighted by molar-refractivity contribution is 9.11. The number of rotatable bonds is 4. The number of nitrogens with zero attached hydrogens (tertiary/aromatic N) is 2. The van der Waals surface area contributed by atoms with Gasteiger partial charge in [-0.05, 0) is 54.9 Å². The molecule has 18 heavy (non-hydrogen) atoms. The fourth-order valence-electron chi connectivity index (χ4n) is 1.71. The molecule has 3 nitrogen and oxygen atoms in total. The van der Waals surface area contributed by atoms with Crippen LogP contribution in [0.3, 0.4) is 0 Å². The van der Waals surface area contributed by atoms with Crippen LogP contribution in [0.2, 0.25) is 0 Å². The van der Waals surface area contributed by atoms with Crippen LogP contribution in [0.4, 0.5) is 5.82 Å². The van der Waals surface area contributed by atoms with Gasteiger partial charge in [0.2, 0.25) is 0 Å². The van der Waals surface area contributed by atoms with E-state index < -0.39 is 0 Å². The Kier molecular flexibility index (Phi) is 4.77. The van der Waals surface area contributed by atoms with E-state index >= 15 is 0 Å². The third-order valence-electron chi connectivity index (χ3n) is 2.48. The highest BCUT2D eigenvalue weighted by Crippen LogP contribution is 2.25. The molecule has 0 aliphatic heterocycles. The Bertz CT molecular complexity index is 545. The van der Waals surface area contributed by atoms with Crippen LogP contribution in [-0.4, -0.2) is 17.1 Å². The van der Waals surface area contributed by atoms with Crippen molar-refractivity contribution in [3.8, 4) is 0 Å². The number of hydrogen-bond donors (Lipinski definition) is 1. The molecule has 0 bridgehead atoms. The highest BCUT2D eigenvalue weighted by atomic mass is 79.9. The zero-order valence-corrected chi connectivity index (χ0v) is 13.7. The number of aliphatic hydroxyl groups is 1. The van der Waals surface area contributed by atoms with Gasteiger partial charge in [-0.15, -0.1) is 11.3 Å². The Morgan fingerprint density at radius 3 is 2.78 bits per heavy atom. The van der Waals surface area contributed by atoms with E-state index in [2.05, 4.69) is 48.3 Å². The van der Waals surface area contributed by atoms with E-state index in [0.29, 0.717) is 0 Å². The van der Waals surface area contributed by atoms with E-state index in [4.69, 9.17) is 0 Å². The lowest BCUT2D eigenvalue weighted by molar-refractivity contribution is 0.281. The number of pyridine rings is 1. The number of aliphatic hydroxyl groups excluding tert-OH is 1. The molecule has 0 unspecified atom stereocenters. The molecule has 0 aromatic carbocycles. The molecular formula is C12H12Br2N2OS. The van der Waals surface area contributed by atoms with Crippen molar-refractivity contribution in [3.05, 3.63) is 43.1 Å². The molecule has 0 saturated heterocycles. The Balaban J connectivity index is 2.20. The molecule has 0 fully saturated rings. The number of aromatic nitrogens is 1. The van der Waals surface area contributed by atoms with Crippen molar-refractivity contribution in [1.29, 1.82) is 0 Å². The van der Waals surface area contributed by atoms with Crippen LogP contribution in [0, 0.1) is 0 Å². The van der Waals surface area contributed by atoms with Gasteiger partial charge >= 0.3 is 0 Å². The van der Waals surface area contributed by atoms with Crippen LogP contribution in [0.1, 0.15) is 11.1 Å². The summed E-state index contributed by atoms with van der Waals surface area (Å²) in [6.07, 6.45) is 1.74. The first-order valence-electron chi connectivity index (χ1n) is 5.29. The zero-order chi connectivity index (χ0) is 13.1. The van der Waals surface area contributed by atoms with Gasteiger partial charge in [0, 0.05) is 29.8 Å². The maximum Gasteiger partial charge on any atom is 0.134 e. The van der Waals surface area contributed by atoms with Gasteiger partial charge in [-0.1, -0.05) is 0 Å². The molecule has 0 amide bonds. The van der Waals surface area contributed by atoms with Crippen molar-refractivity contribution in [1.82, 2.24) is 4.98 Å². The molecule has 1 N–H and O–H groups in total. The summed E-state index contributed by atoms with van der Waals surface area (Å²) in [4.78, 5) is 6.40. The van der Waals surface area contributed by atoms with E-state index in [9.17, 15) is 5.11 Å². The topological polar surface area (TPSA) is 36.4 Å². The molecule has 0 aliphatic rings. The summed E-state index contributed by atoms with van der Waals surface area (Å²) in [7, 11) is 1.97. The molecule has 2 rings (SSSR count). The number of thiophene rings is 1. The van der Waals surface area contributed by atoms with Gasteiger partial charge in [0.05, 0.1) is 10.4 Å². The average Bonchev–Trinajstić information content (AvgIpc) is 2.74. The second-order valence-electron chi connectivity index (χ2n) is 3.91.